The average Bonchev–Trinajstić information content (AvgIpc) is 3.07. The molecule has 142 valence electrons. The van der Waals surface area contributed by atoms with E-state index in [9.17, 15) is 0 Å². The normalized spacial score (nSPS) is 24.5. The van der Waals surface area contributed by atoms with Gasteiger partial charge in [0, 0.05) is 38.8 Å². The van der Waals surface area contributed by atoms with E-state index in [1.54, 1.807) is 0 Å². The molecule has 2 unspecified atom stereocenters. The predicted molar refractivity (Wildman–Crippen MR) is 112 cm³/mol. The van der Waals surface area contributed by atoms with Crippen LogP contribution in [0.3, 0.4) is 0 Å². The largest absolute Gasteiger partial charge is 0.379 e. The van der Waals surface area contributed by atoms with Gasteiger partial charge in [0.15, 0.2) is 5.96 Å². The van der Waals surface area contributed by atoms with Crippen molar-refractivity contribution in [2.24, 2.45) is 10.9 Å². The van der Waals surface area contributed by atoms with Crippen LogP contribution in [0.4, 0.5) is 0 Å². The lowest BCUT2D eigenvalue weighted by Crippen LogP contribution is -2.53. The van der Waals surface area contributed by atoms with Crippen LogP contribution in [0, 0.1) is 5.92 Å². The first-order chi connectivity index (χ1) is 11.2. The maximum absolute atomic E-state index is 5.52. The van der Waals surface area contributed by atoms with Crippen LogP contribution >= 0.6 is 24.0 Å². The molecule has 2 rings (SSSR count). The van der Waals surface area contributed by atoms with E-state index >= 15 is 0 Å². The van der Waals surface area contributed by atoms with Crippen molar-refractivity contribution in [2.75, 3.05) is 39.9 Å². The van der Waals surface area contributed by atoms with Crippen LogP contribution in [0.25, 0.3) is 0 Å². The molecule has 1 aliphatic heterocycles. The van der Waals surface area contributed by atoms with Gasteiger partial charge in [-0.25, -0.2) is 0 Å². The molecule has 2 aliphatic rings. The predicted octanol–water partition coefficient (Wildman–Crippen LogP) is 2.85. The van der Waals surface area contributed by atoms with Crippen LogP contribution in [-0.4, -0.2) is 62.8 Å². The van der Waals surface area contributed by atoms with E-state index < -0.39 is 0 Å². The van der Waals surface area contributed by atoms with Crippen LogP contribution in [0.5, 0.6) is 0 Å². The number of guanidine groups is 1. The Morgan fingerprint density at radius 1 is 1.29 bits per heavy atom. The molecule has 0 aromatic heterocycles. The van der Waals surface area contributed by atoms with Gasteiger partial charge in [-0.05, 0) is 32.6 Å². The van der Waals surface area contributed by atoms with Crippen molar-refractivity contribution in [1.29, 1.82) is 0 Å². The average molecular weight is 452 g/mol. The van der Waals surface area contributed by atoms with Crippen LogP contribution in [0.1, 0.15) is 52.4 Å². The fourth-order valence-corrected chi connectivity index (χ4v) is 3.87. The Kier molecular flexibility index (Phi) is 11.3. The number of halogens is 1. The molecule has 1 saturated heterocycles. The summed E-state index contributed by atoms with van der Waals surface area (Å²) in [7, 11) is 1.86. The molecule has 0 aromatic rings. The highest BCUT2D eigenvalue weighted by atomic mass is 127. The Balaban J connectivity index is 0.00000288. The molecule has 0 radical (unpaired) electrons. The van der Waals surface area contributed by atoms with Gasteiger partial charge in [0.25, 0.3) is 0 Å². The second kappa shape index (κ2) is 12.3. The van der Waals surface area contributed by atoms with E-state index in [4.69, 9.17) is 4.74 Å². The molecule has 0 aromatic carbocycles. The molecule has 2 fully saturated rings. The molecule has 2 N–H and O–H groups in total. The van der Waals surface area contributed by atoms with Gasteiger partial charge in [-0.1, -0.05) is 25.7 Å². The van der Waals surface area contributed by atoms with E-state index in [2.05, 4.69) is 34.4 Å². The van der Waals surface area contributed by atoms with Crippen molar-refractivity contribution in [3.8, 4) is 0 Å². The molecular formula is C18H37IN4O. The lowest BCUT2D eigenvalue weighted by molar-refractivity contribution is -0.0174. The van der Waals surface area contributed by atoms with Gasteiger partial charge in [-0.15, -0.1) is 24.0 Å². The van der Waals surface area contributed by atoms with Crippen molar-refractivity contribution >= 4 is 29.9 Å². The van der Waals surface area contributed by atoms with Gasteiger partial charge in [0.05, 0.1) is 13.2 Å². The van der Waals surface area contributed by atoms with Crippen molar-refractivity contribution in [3.63, 3.8) is 0 Å². The summed E-state index contributed by atoms with van der Waals surface area (Å²) in [6.45, 7) is 9.19. The van der Waals surface area contributed by atoms with E-state index in [-0.39, 0.29) is 24.0 Å². The number of morpholine rings is 1. The molecule has 1 aliphatic carbocycles. The number of hydrogen-bond donors (Lipinski definition) is 2. The first-order valence-corrected chi connectivity index (χ1v) is 9.48. The SMILES string of the molecule is CN=C(NCCCC1CCCC1)NCC(C)N1CCOCC1C.I. The quantitative estimate of drug-likeness (QED) is 0.270. The number of aliphatic imine (C=N–C) groups is 1. The Labute approximate surface area is 165 Å². The van der Waals surface area contributed by atoms with Crippen molar-refractivity contribution in [1.82, 2.24) is 15.5 Å². The number of ether oxygens (including phenoxy) is 1. The van der Waals surface area contributed by atoms with Gasteiger partial charge in [0.2, 0.25) is 0 Å². The molecule has 24 heavy (non-hydrogen) atoms. The van der Waals surface area contributed by atoms with Gasteiger partial charge in [-0.2, -0.15) is 0 Å². The molecule has 1 saturated carbocycles. The van der Waals surface area contributed by atoms with Crippen molar-refractivity contribution in [2.45, 2.75) is 64.5 Å². The van der Waals surface area contributed by atoms with Crippen LogP contribution < -0.4 is 10.6 Å². The first kappa shape index (κ1) is 22.0. The molecule has 0 bridgehead atoms. The monoisotopic (exact) mass is 452 g/mol. The Hall–Kier alpha value is -0.0800. The summed E-state index contributed by atoms with van der Waals surface area (Å²) >= 11 is 0. The summed E-state index contributed by atoms with van der Waals surface area (Å²) in [4.78, 5) is 6.86. The minimum atomic E-state index is 0. The Morgan fingerprint density at radius 3 is 2.71 bits per heavy atom. The third kappa shape index (κ3) is 7.44. The summed E-state index contributed by atoms with van der Waals surface area (Å²) in [5.41, 5.74) is 0. The standard InChI is InChI=1S/C18H36N4O.HI/c1-15(22-11-12-23-14-16(22)2)13-21-18(19-3)20-10-6-9-17-7-4-5-8-17;/h15-17H,4-14H2,1-3H3,(H2,19,20,21);1H. The summed E-state index contributed by atoms with van der Waals surface area (Å²) in [5.74, 6) is 1.92. The molecule has 6 heteroatoms. The molecular weight excluding hydrogens is 415 g/mol. The smallest absolute Gasteiger partial charge is 0.191 e. The van der Waals surface area contributed by atoms with Crippen LogP contribution in [0.2, 0.25) is 0 Å². The van der Waals surface area contributed by atoms with Crippen LogP contribution in [0.15, 0.2) is 4.99 Å². The zero-order chi connectivity index (χ0) is 16.5. The third-order valence-corrected chi connectivity index (χ3v) is 5.33. The molecule has 0 spiro atoms. The second-order valence-electron chi connectivity index (χ2n) is 7.18. The Morgan fingerprint density at radius 2 is 2.04 bits per heavy atom. The summed E-state index contributed by atoms with van der Waals surface area (Å²) in [6, 6.07) is 0.993. The highest BCUT2D eigenvalue weighted by Gasteiger charge is 2.23. The first-order valence-electron chi connectivity index (χ1n) is 9.48. The zero-order valence-corrected chi connectivity index (χ0v) is 18.1. The molecule has 2 atom stereocenters. The maximum atomic E-state index is 5.52. The lowest BCUT2D eigenvalue weighted by Gasteiger charge is -2.38. The minimum absolute atomic E-state index is 0. The summed E-state index contributed by atoms with van der Waals surface area (Å²) in [6.07, 6.45) is 8.40. The van der Waals surface area contributed by atoms with Gasteiger partial charge in [-0.3, -0.25) is 9.89 Å². The molecule has 1 heterocycles. The fraction of sp³-hybridized carbons (Fsp3) is 0.944. The van der Waals surface area contributed by atoms with Crippen molar-refractivity contribution in [3.05, 3.63) is 0 Å². The minimum Gasteiger partial charge on any atom is -0.379 e. The summed E-state index contributed by atoms with van der Waals surface area (Å²) < 4.78 is 5.52. The van der Waals surface area contributed by atoms with Crippen LogP contribution in [-0.2, 0) is 4.74 Å². The molecule has 5 nitrogen and oxygen atoms in total. The lowest BCUT2D eigenvalue weighted by atomic mass is 10.0. The highest BCUT2D eigenvalue weighted by molar-refractivity contribution is 14.0. The van der Waals surface area contributed by atoms with E-state index in [1.807, 2.05) is 7.05 Å². The van der Waals surface area contributed by atoms with E-state index in [0.29, 0.717) is 12.1 Å². The highest BCUT2D eigenvalue weighted by Crippen LogP contribution is 2.28. The third-order valence-electron chi connectivity index (χ3n) is 5.33. The summed E-state index contributed by atoms with van der Waals surface area (Å²) in [5, 5.41) is 6.93. The number of nitrogens with zero attached hydrogens (tertiary/aromatic N) is 2. The number of hydrogen-bond acceptors (Lipinski definition) is 3. The second-order valence-corrected chi connectivity index (χ2v) is 7.18. The zero-order valence-electron chi connectivity index (χ0n) is 15.7. The van der Waals surface area contributed by atoms with Gasteiger partial charge in [0.1, 0.15) is 0 Å². The number of nitrogens with one attached hydrogen (secondary N) is 2. The van der Waals surface area contributed by atoms with Gasteiger partial charge < -0.3 is 15.4 Å². The maximum Gasteiger partial charge on any atom is 0.191 e. The number of rotatable bonds is 7. The Bertz CT molecular complexity index is 361. The topological polar surface area (TPSA) is 48.9 Å². The van der Waals surface area contributed by atoms with E-state index in [0.717, 1.165) is 44.7 Å². The van der Waals surface area contributed by atoms with Gasteiger partial charge >= 0.3 is 0 Å². The van der Waals surface area contributed by atoms with Crippen molar-refractivity contribution < 1.29 is 4.74 Å². The molecule has 0 amide bonds. The van der Waals surface area contributed by atoms with E-state index in [1.165, 1.54) is 38.5 Å². The fourth-order valence-electron chi connectivity index (χ4n) is 3.87.